The molecule has 90 valence electrons. The average Bonchev–Trinajstić information content (AvgIpc) is 2.26. The quantitative estimate of drug-likeness (QED) is 0.670. The lowest BCUT2D eigenvalue weighted by Crippen LogP contribution is -2.41. The molecule has 1 heterocycles. The van der Waals surface area contributed by atoms with Crippen molar-refractivity contribution in [1.82, 2.24) is 4.90 Å². The van der Waals surface area contributed by atoms with Crippen molar-refractivity contribution in [3.05, 3.63) is 0 Å². The van der Waals surface area contributed by atoms with E-state index in [4.69, 9.17) is 4.74 Å². The van der Waals surface area contributed by atoms with Crippen LogP contribution in [0.4, 0.5) is 0 Å². The lowest BCUT2D eigenvalue weighted by atomic mass is 10.3. The zero-order valence-electron chi connectivity index (χ0n) is 9.65. The highest BCUT2D eigenvalue weighted by atomic mass is 32.2. The summed E-state index contributed by atoms with van der Waals surface area (Å²) in [6, 6.07) is 0. The van der Waals surface area contributed by atoms with Gasteiger partial charge in [-0.05, 0) is 12.2 Å². The molecule has 1 aliphatic rings. The number of hydrogen-bond donors (Lipinski definition) is 1. The molecule has 1 rings (SSSR count). The summed E-state index contributed by atoms with van der Waals surface area (Å²) in [5.41, 5.74) is 0. The first-order valence-corrected chi connectivity index (χ1v) is 7.04. The molecule has 15 heavy (non-hydrogen) atoms. The van der Waals surface area contributed by atoms with Gasteiger partial charge in [0.1, 0.15) is 0 Å². The molecule has 0 aromatic heterocycles. The Hall–Kier alpha value is 0.230. The summed E-state index contributed by atoms with van der Waals surface area (Å²) in [6.07, 6.45) is 2.33. The second-order valence-corrected chi connectivity index (χ2v) is 5.15. The van der Waals surface area contributed by atoms with Crippen molar-refractivity contribution >= 4 is 11.8 Å². The number of β-amino-alcohol motifs (C(OH)–C–C–N with tert-alkyl or cyclic N) is 1. The van der Waals surface area contributed by atoms with Crippen molar-refractivity contribution in [3.8, 4) is 0 Å². The fourth-order valence-corrected chi connectivity index (χ4v) is 2.64. The molecule has 1 fully saturated rings. The summed E-state index contributed by atoms with van der Waals surface area (Å²) >= 11 is 1.87. The molecule has 1 saturated heterocycles. The standard InChI is InChI=1S/C11H23NO2S/c1-2-3-8-15-10-11(13)9-12-4-6-14-7-5-12/h11,13H,2-10H2,1H3. The van der Waals surface area contributed by atoms with E-state index >= 15 is 0 Å². The average molecular weight is 233 g/mol. The van der Waals surface area contributed by atoms with Gasteiger partial charge in [-0.2, -0.15) is 11.8 Å². The van der Waals surface area contributed by atoms with Crippen molar-refractivity contribution in [1.29, 1.82) is 0 Å². The third kappa shape index (κ3) is 6.40. The summed E-state index contributed by atoms with van der Waals surface area (Å²) in [5.74, 6) is 2.05. The minimum atomic E-state index is -0.176. The Morgan fingerprint density at radius 1 is 1.40 bits per heavy atom. The molecule has 1 aliphatic heterocycles. The Kier molecular flexibility index (Phi) is 7.44. The van der Waals surface area contributed by atoms with Crippen LogP contribution in [-0.2, 0) is 4.74 Å². The minimum absolute atomic E-state index is 0.176. The number of aliphatic hydroxyl groups excluding tert-OH is 1. The fraction of sp³-hybridized carbons (Fsp3) is 1.00. The molecule has 0 aromatic carbocycles. The van der Waals surface area contributed by atoms with Crippen LogP contribution in [0.3, 0.4) is 0 Å². The molecule has 0 spiro atoms. The molecule has 1 unspecified atom stereocenters. The van der Waals surface area contributed by atoms with Gasteiger partial charge in [0, 0.05) is 25.4 Å². The molecule has 0 radical (unpaired) electrons. The summed E-state index contributed by atoms with van der Waals surface area (Å²) < 4.78 is 5.27. The number of ether oxygens (including phenoxy) is 1. The van der Waals surface area contributed by atoms with Gasteiger partial charge >= 0.3 is 0 Å². The molecule has 3 nitrogen and oxygen atoms in total. The highest BCUT2D eigenvalue weighted by Crippen LogP contribution is 2.08. The number of morpholine rings is 1. The number of unbranched alkanes of at least 4 members (excludes halogenated alkanes) is 1. The van der Waals surface area contributed by atoms with Crippen LogP contribution in [0.25, 0.3) is 0 Å². The first kappa shape index (κ1) is 13.3. The molecular formula is C11H23NO2S. The second-order valence-electron chi connectivity index (χ2n) is 4.00. The SMILES string of the molecule is CCCCSCC(O)CN1CCOCC1. The monoisotopic (exact) mass is 233 g/mol. The van der Waals surface area contributed by atoms with Gasteiger partial charge in [0.05, 0.1) is 19.3 Å². The molecule has 0 aromatic rings. The fourth-order valence-electron chi connectivity index (χ4n) is 1.60. The number of hydrogen-bond acceptors (Lipinski definition) is 4. The van der Waals surface area contributed by atoms with Crippen molar-refractivity contribution in [2.45, 2.75) is 25.9 Å². The summed E-state index contributed by atoms with van der Waals surface area (Å²) in [4.78, 5) is 2.29. The predicted octanol–water partition coefficient (Wildman–Crippen LogP) is 1.21. The highest BCUT2D eigenvalue weighted by molar-refractivity contribution is 7.99. The number of aliphatic hydroxyl groups is 1. The third-order valence-corrected chi connectivity index (χ3v) is 3.72. The Morgan fingerprint density at radius 3 is 2.80 bits per heavy atom. The van der Waals surface area contributed by atoms with E-state index in [0.29, 0.717) is 0 Å². The highest BCUT2D eigenvalue weighted by Gasteiger charge is 2.14. The van der Waals surface area contributed by atoms with Crippen molar-refractivity contribution in [3.63, 3.8) is 0 Å². The number of thioether (sulfide) groups is 1. The van der Waals surface area contributed by atoms with Gasteiger partial charge in [0.2, 0.25) is 0 Å². The molecular weight excluding hydrogens is 210 g/mol. The zero-order valence-corrected chi connectivity index (χ0v) is 10.5. The Balaban J connectivity index is 1.98. The lowest BCUT2D eigenvalue weighted by Gasteiger charge is -2.28. The first-order valence-electron chi connectivity index (χ1n) is 5.89. The zero-order chi connectivity index (χ0) is 10.9. The van der Waals surface area contributed by atoms with Crippen LogP contribution < -0.4 is 0 Å². The molecule has 4 heteroatoms. The van der Waals surface area contributed by atoms with Gasteiger partial charge in [0.15, 0.2) is 0 Å². The van der Waals surface area contributed by atoms with E-state index < -0.39 is 0 Å². The minimum Gasteiger partial charge on any atom is -0.391 e. The largest absolute Gasteiger partial charge is 0.391 e. The van der Waals surface area contributed by atoms with Crippen molar-refractivity contribution < 1.29 is 9.84 Å². The Morgan fingerprint density at radius 2 is 2.13 bits per heavy atom. The van der Waals surface area contributed by atoms with Gasteiger partial charge in [0.25, 0.3) is 0 Å². The van der Waals surface area contributed by atoms with Gasteiger partial charge < -0.3 is 9.84 Å². The summed E-state index contributed by atoms with van der Waals surface area (Å²) in [7, 11) is 0. The van der Waals surface area contributed by atoms with Gasteiger partial charge in [-0.3, -0.25) is 4.90 Å². The van der Waals surface area contributed by atoms with Gasteiger partial charge in [-0.1, -0.05) is 13.3 Å². The normalized spacial score (nSPS) is 20.4. The topological polar surface area (TPSA) is 32.7 Å². The third-order valence-electron chi connectivity index (χ3n) is 2.53. The van der Waals surface area contributed by atoms with E-state index in [1.165, 1.54) is 18.6 Å². The van der Waals surface area contributed by atoms with Crippen LogP contribution in [0.2, 0.25) is 0 Å². The predicted molar refractivity (Wildman–Crippen MR) is 65.5 cm³/mol. The van der Waals surface area contributed by atoms with E-state index in [1.54, 1.807) is 0 Å². The van der Waals surface area contributed by atoms with E-state index in [2.05, 4.69) is 11.8 Å². The smallest absolute Gasteiger partial charge is 0.0757 e. The molecule has 0 bridgehead atoms. The molecule has 0 amide bonds. The Labute approximate surface area is 97.2 Å². The molecule has 1 N–H and O–H groups in total. The van der Waals surface area contributed by atoms with Gasteiger partial charge in [-0.15, -0.1) is 0 Å². The van der Waals surface area contributed by atoms with Crippen LogP contribution in [0.15, 0.2) is 0 Å². The first-order chi connectivity index (χ1) is 7.33. The second kappa shape index (κ2) is 8.39. The molecule has 1 atom stereocenters. The number of nitrogens with zero attached hydrogens (tertiary/aromatic N) is 1. The maximum absolute atomic E-state index is 9.80. The summed E-state index contributed by atoms with van der Waals surface area (Å²) in [6.45, 7) is 6.58. The van der Waals surface area contributed by atoms with Crippen LogP contribution in [0.1, 0.15) is 19.8 Å². The van der Waals surface area contributed by atoms with Gasteiger partial charge in [-0.25, -0.2) is 0 Å². The van der Waals surface area contributed by atoms with Crippen molar-refractivity contribution in [2.75, 3.05) is 44.4 Å². The molecule has 0 saturated carbocycles. The summed E-state index contributed by atoms with van der Waals surface area (Å²) in [5, 5.41) is 9.80. The maximum Gasteiger partial charge on any atom is 0.0757 e. The van der Waals surface area contributed by atoms with Crippen LogP contribution in [0.5, 0.6) is 0 Å². The van der Waals surface area contributed by atoms with Crippen LogP contribution in [0, 0.1) is 0 Å². The van der Waals surface area contributed by atoms with E-state index in [9.17, 15) is 5.11 Å². The van der Waals surface area contributed by atoms with Crippen molar-refractivity contribution in [2.24, 2.45) is 0 Å². The van der Waals surface area contributed by atoms with Crippen LogP contribution >= 0.6 is 11.8 Å². The van der Waals surface area contributed by atoms with E-state index in [1.807, 2.05) is 11.8 Å². The maximum atomic E-state index is 9.80. The lowest BCUT2D eigenvalue weighted by molar-refractivity contribution is 0.0188. The number of rotatable bonds is 7. The van der Waals surface area contributed by atoms with E-state index in [-0.39, 0.29) is 6.10 Å². The van der Waals surface area contributed by atoms with Crippen LogP contribution in [-0.4, -0.2) is 60.5 Å². The Bertz CT molecular complexity index is 152. The molecule has 0 aliphatic carbocycles. The van der Waals surface area contributed by atoms with E-state index in [0.717, 1.165) is 38.6 Å².